The number of ether oxygens (including phenoxy) is 5. The fourth-order valence-electron chi connectivity index (χ4n) is 5.55. The number of esters is 1. The first-order valence-corrected chi connectivity index (χ1v) is 14.3. The van der Waals surface area contributed by atoms with Crippen LogP contribution in [-0.2, 0) is 32.1 Å². The standard InChI is InChI=1S/C34H37NO7/c1-4-40-34(37)28-21-35-29(24-11-13-26(14-12-24)42-22-23-9-6-5-7-10-23)17-25-18-33(41-16-8-15-38-2)32(39-3)19-27(25)30(35)20-31(28)36/h5-7,9-14,18-19,21,29-30H,4,8,15-17,20,22H2,1-3H3. The minimum Gasteiger partial charge on any atom is -0.493 e. The molecule has 0 amide bonds. The summed E-state index contributed by atoms with van der Waals surface area (Å²) < 4.78 is 28.1. The lowest BCUT2D eigenvalue weighted by molar-refractivity contribution is -0.140. The van der Waals surface area contributed by atoms with Crippen molar-refractivity contribution in [1.29, 1.82) is 0 Å². The van der Waals surface area contributed by atoms with Gasteiger partial charge in [-0.1, -0.05) is 42.5 Å². The van der Waals surface area contributed by atoms with Crippen molar-refractivity contribution in [2.24, 2.45) is 0 Å². The first-order chi connectivity index (χ1) is 20.5. The minimum absolute atomic E-state index is 0.0782. The van der Waals surface area contributed by atoms with Gasteiger partial charge in [0.2, 0.25) is 0 Å². The molecule has 3 aromatic rings. The topological polar surface area (TPSA) is 83.5 Å². The Morgan fingerprint density at radius 2 is 1.69 bits per heavy atom. The average molecular weight is 572 g/mol. The predicted octanol–water partition coefficient (Wildman–Crippen LogP) is 5.75. The molecule has 0 fully saturated rings. The number of Topliss-reactive ketones (excluding diaryl/α,β-unsaturated/α-hetero) is 1. The lowest BCUT2D eigenvalue weighted by Crippen LogP contribution is -2.40. The Labute approximate surface area is 246 Å². The van der Waals surface area contributed by atoms with Gasteiger partial charge in [-0.25, -0.2) is 4.79 Å². The summed E-state index contributed by atoms with van der Waals surface area (Å²) >= 11 is 0. The van der Waals surface area contributed by atoms with Crippen LogP contribution in [-0.4, -0.2) is 50.7 Å². The molecule has 42 heavy (non-hydrogen) atoms. The summed E-state index contributed by atoms with van der Waals surface area (Å²) in [5.74, 6) is 1.21. The molecule has 0 aliphatic carbocycles. The van der Waals surface area contributed by atoms with Crippen LogP contribution in [0.5, 0.6) is 17.2 Å². The van der Waals surface area contributed by atoms with E-state index in [2.05, 4.69) is 4.90 Å². The van der Waals surface area contributed by atoms with Crippen LogP contribution in [0.3, 0.4) is 0 Å². The van der Waals surface area contributed by atoms with Crippen molar-refractivity contribution < 1.29 is 33.3 Å². The molecule has 0 saturated carbocycles. The molecule has 2 unspecified atom stereocenters. The third kappa shape index (κ3) is 6.44. The number of methoxy groups -OCH3 is 2. The van der Waals surface area contributed by atoms with Crippen molar-refractivity contribution in [2.75, 3.05) is 34.0 Å². The van der Waals surface area contributed by atoms with Crippen LogP contribution in [0.15, 0.2) is 78.5 Å². The molecule has 3 aromatic carbocycles. The lowest BCUT2D eigenvalue weighted by atomic mass is 9.81. The summed E-state index contributed by atoms with van der Waals surface area (Å²) in [7, 11) is 3.28. The van der Waals surface area contributed by atoms with Gasteiger partial charge in [0, 0.05) is 32.8 Å². The van der Waals surface area contributed by atoms with Gasteiger partial charge in [-0.15, -0.1) is 0 Å². The molecule has 2 heterocycles. The number of fused-ring (bicyclic) bond motifs is 3. The highest BCUT2D eigenvalue weighted by Crippen LogP contribution is 2.48. The summed E-state index contributed by atoms with van der Waals surface area (Å²) in [5.41, 5.74) is 4.29. The van der Waals surface area contributed by atoms with Crippen LogP contribution in [0.25, 0.3) is 0 Å². The van der Waals surface area contributed by atoms with E-state index in [-0.39, 0.29) is 36.5 Å². The Balaban J connectivity index is 1.47. The van der Waals surface area contributed by atoms with Gasteiger partial charge in [0.25, 0.3) is 0 Å². The monoisotopic (exact) mass is 571 g/mol. The molecular formula is C34H37NO7. The molecular weight excluding hydrogens is 534 g/mol. The van der Waals surface area contributed by atoms with Crippen molar-refractivity contribution in [1.82, 2.24) is 4.90 Å². The summed E-state index contributed by atoms with van der Waals surface area (Å²) in [5, 5.41) is 0. The zero-order valence-corrected chi connectivity index (χ0v) is 24.3. The van der Waals surface area contributed by atoms with E-state index in [9.17, 15) is 9.59 Å². The van der Waals surface area contributed by atoms with E-state index in [1.54, 1.807) is 27.3 Å². The third-order valence-corrected chi connectivity index (χ3v) is 7.63. The summed E-state index contributed by atoms with van der Waals surface area (Å²) in [6, 6.07) is 21.7. The molecule has 0 N–H and O–H groups in total. The second-order valence-electron chi connectivity index (χ2n) is 10.3. The van der Waals surface area contributed by atoms with E-state index in [0.29, 0.717) is 37.7 Å². The molecule has 2 atom stereocenters. The molecule has 220 valence electrons. The van der Waals surface area contributed by atoms with Gasteiger partial charge < -0.3 is 28.6 Å². The first-order valence-electron chi connectivity index (χ1n) is 14.3. The van der Waals surface area contributed by atoms with E-state index < -0.39 is 5.97 Å². The third-order valence-electron chi connectivity index (χ3n) is 7.63. The smallest absolute Gasteiger partial charge is 0.343 e. The van der Waals surface area contributed by atoms with Crippen LogP contribution in [0, 0.1) is 0 Å². The number of carbonyl (C=O) groups is 2. The number of hydrogen-bond donors (Lipinski definition) is 0. The van der Waals surface area contributed by atoms with Gasteiger partial charge in [0.15, 0.2) is 17.3 Å². The Bertz CT molecular complexity index is 1420. The van der Waals surface area contributed by atoms with Crippen molar-refractivity contribution in [2.45, 2.75) is 44.9 Å². The van der Waals surface area contributed by atoms with Crippen LogP contribution >= 0.6 is 0 Å². The van der Waals surface area contributed by atoms with Crippen LogP contribution in [0.4, 0.5) is 0 Å². The summed E-state index contributed by atoms with van der Waals surface area (Å²) in [4.78, 5) is 28.0. The van der Waals surface area contributed by atoms with E-state index in [1.807, 2.05) is 66.7 Å². The fraction of sp³-hybridized carbons (Fsp3) is 0.353. The predicted molar refractivity (Wildman–Crippen MR) is 158 cm³/mol. The number of nitrogens with zero attached hydrogens (tertiary/aromatic N) is 1. The van der Waals surface area contributed by atoms with E-state index in [4.69, 9.17) is 23.7 Å². The zero-order valence-electron chi connectivity index (χ0n) is 24.3. The van der Waals surface area contributed by atoms with Crippen molar-refractivity contribution in [3.8, 4) is 17.2 Å². The number of benzene rings is 3. The molecule has 0 radical (unpaired) electrons. The molecule has 5 rings (SSSR count). The Kier molecular flexibility index (Phi) is 9.44. The normalized spacial score (nSPS) is 17.5. The number of hydrogen-bond acceptors (Lipinski definition) is 8. The molecule has 8 heteroatoms. The van der Waals surface area contributed by atoms with E-state index >= 15 is 0 Å². The number of ketones is 1. The molecule has 8 nitrogen and oxygen atoms in total. The minimum atomic E-state index is -0.590. The second kappa shape index (κ2) is 13.6. The van der Waals surface area contributed by atoms with Gasteiger partial charge in [-0.3, -0.25) is 4.79 Å². The average Bonchev–Trinajstić information content (AvgIpc) is 3.02. The maximum atomic E-state index is 13.2. The van der Waals surface area contributed by atoms with Gasteiger partial charge in [0.05, 0.1) is 32.4 Å². The second-order valence-corrected chi connectivity index (χ2v) is 10.3. The van der Waals surface area contributed by atoms with Gasteiger partial charge in [0.1, 0.15) is 17.9 Å². The molecule has 0 saturated heterocycles. The molecule has 0 bridgehead atoms. The van der Waals surface area contributed by atoms with Gasteiger partial charge in [-0.2, -0.15) is 0 Å². The van der Waals surface area contributed by atoms with Crippen LogP contribution < -0.4 is 14.2 Å². The van der Waals surface area contributed by atoms with Gasteiger partial charge in [-0.05, 0) is 59.9 Å². The maximum Gasteiger partial charge on any atom is 0.343 e. The fourth-order valence-corrected chi connectivity index (χ4v) is 5.55. The van der Waals surface area contributed by atoms with E-state index in [0.717, 1.165) is 34.4 Å². The molecule has 2 aliphatic heterocycles. The lowest BCUT2D eigenvalue weighted by Gasteiger charge is -2.45. The van der Waals surface area contributed by atoms with Crippen molar-refractivity contribution >= 4 is 11.8 Å². The van der Waals surface area contributed by atoms with E-state index in [1.165, 1.54) is 0 Å². The highest BCUT2D eigenvalue weighted by atomic mass is 16.5. The highest BCUT2D eigenvalue weighted by molar-refractivity contribution is 6.17. The highest BCUT2D eigenvalue weighted by Gasteiger charge is 2.41. The molecule has 0 aromatic heterocycles. The summed E-state index contributed by atoms with van der Waals surface area (Å²) in [6.07, 6.45) is 3.24. The number of carbonyl (C=O) groups excluding carboxylic acids is 2. The summed E-state index contributed by atoms with van der Waals surface area (Å²) in [6.45, 7) is 3.52. The largest absolute Gasteiger partial charge is 0.493 e. The first kappa shape index (κ1) is 29.2. The Morgan fingerprint density at radius 1 is 0.905 bits per heavy atom. The molecule has 2 aliphatic rings. The van der Waals surface area contributed by atoms with Crippen LogP contribution in [0.2, 0.25) is 0 Å². The van der Waals surface area contributed by atoms with Crippen molar-refractivity contribution in [3.63, 3.8) is 0 Å². The zero-order chi connectivity index (χ0) is 29.5. The Morgan fingerprint density at radius 3 is 2.40 bits per heavy atom. The number of rotatable bonds is 12. The van der Waals surface area contributed by atoms with Crippen LogP contribution in [0.1, 0.15) is 54.1 Å². The van der Waals surface area contributed by atoms with Crippen molar-refractivity contribution in [3.05, 3.63) is 101 Å². The quantitative estimate of drug-likeness (QED) is 0.154. The molecule has 0 spiro atoms. The Hall–Kier alpha value is -4.30. The SMILES string of the molecule is CCOC(=O)C1=CN2C(c3ccc(OCc4ccccc4)cc3)Cc3cc(OCCCOC)c(OC)cc3C2CC1=O. The maximum absolute atomic E-state index is 13.2. The van der Waals surface area contributed by atoms with Gasteiger partial charge >= 0.3 is 5.97 Å².